The number of fused-ring (bicyclic) bond motifs is 3. The number of hydrazone groups is 1. The highest BCUT2D eigenvalue weighted by atomic mass is 16.7. The van der Waals surface area contributed by atoms with Crippen LogP contribution in [0.1, 0.15) is 5.56 Å². The lowest BCUT2D eigenvalue weighted by Crippen LogP contribution is -2.25. The molecular formula is C24H19N3O3. The molecule has 0 unspecified atom stereocenters. The van der Waals surface area contributed by atoms with Crippen molar-refractivity contribution >= 4 is 39.4 Å². The van der Waals surface area contributed by atoms with Gasteiger partial charge in [-0.3, -0.25) is 4.79 Å². The van der Waals surface area contributed by atoms with Crippen molar-refractivity contribution < 1.29 is 14.3 Å². The molecule has 148 valence electrons. The van der Waals surface area contributed by atoms with Crippen LogP contribution in [0.3, 0.4) is 0 Å². The average molecular weight is 397 g/mol. The summed E-state index contributed by atoms with van der Waals surface area (Å²) in [7, 11) is 0. The highest BCUT2D eigenvalue weighted by Crippen LogP contribution is 2.34. The third-order valence-corrected chi connectivity index (χ3v) is 5.02. The van der Waals surface area contributed by atoms with Crippen LogP contribution in [0.5, 0.6) is 11.5 Å². The van der Waals surface area contributed by atoms with E-state index in [0.29, 0.717) is 11.5 Å². The van der Waals surface area contributed by atoms with E-state index in [1.54, 1.807) is 12.3 Å². The van der Waals surface area contributed by atoms with Crippen LogP contribution in [0.15, 0.2) is 77.9 Å². The molecule has 0 bridgehead atoms. The summed E-state index contributed by atoms with van der Waals surface area (Å²) in [5, 5.41) is 11.7. The fourth-order valence-corrected chi connectivity index (χ4v) is 3.59. The first-order valence-electron chi connectivity index (χ1n) is 9.64. The highest BCUT2D eigenvalue weighted by Gasteiger charge is 2.13. The molecule has 6 heteroatoms. The van der Waals surface area contributed by atoms with Crippen molar-refractivity contribution in [2.45, 2.75) is 0 Å². The topological polar surface area (TPSA) is 72.0 Å². The summed E-state index contributed by atoms with van der Waals surface area (Å²) in [6, 6.07) is 23.9. The maximum atomic E-state index is 12.2. The van der Waals surface area contributed by atoms with Gasteiger partial charge in [0.25, 0.3) is 5.91 Å². The van der Waals surface area contributed by atoms with Crippen LogP contribution in [0.25, 0.3) is 21.5 Å². The molecule has 2 N–H and O–H groups in total. The van der Waals surface area contributed by atoms with Gasteiger partial charge in [0.15, 0.2) is 11.5 Å². The number of ether oxygens (including phenoxy) is 2. The van der Waals surface area contributed by atoms with E-state index in [0.717, 1.165) is 32.8 Å². The Balaban J connectivity index is 1.30. The van der Waals surface area contributed by atoms with Crippen LogP contribution in [-0.2, 0) is 4.79 Å². The standard InChI is InChI=1S/C24H19N3O3/c28-24(14-25-18-9-10-22-23(12-18)30-15-29-22)27-26-13-21-19-7-3-1-5-16(19)11-17-6-2-4-8-20(17)21/h1-13,25H,14-15H2,(H,27,28)/b26-13-. The van der Waals surface area contributed by atoms with E-state index in [4.69, 9.17) is 9.47 Å². The molecule has 0 atom stereocenters. The van der Waals surface area contributed by atoms with Gasteiger partial charge >= 0.3 is 0 Å². The van der Waals surface area contributed by atoms with Crippen LogP contribution in [-0.4, -0.2) is 25.5 Å². The van der Waals surface area contributed by atoms with Gasteiger partial charge in [0.05, 0.1) is 12.8 Å². The minimum absolute atomic E-state index is 0.0905. The predicted octanol–water partition coefficient (Wildman–Crippen LogP) is 4.28. The zero-order valence-corrected chi connectivity index (χ0v) is 16.1. The van der Waals surface area contributed by atoms with Crippen molar-refractivity contribution in [3.63, 3.8) is 0 Å². The minimum atomic E-state index is -0.242. The maximum Gasteiger partial charge on any atom is 0.259 e. The van der Waals surface area contributed by atoms with Gasteiger partial charge in [0, 0.05) is 17.3 Å². The third kappa shape index (κ3) is 3.51. The summed E-state index contributed by atoms with van der Waals surface area (Å²) in [6.45, 7) is 0.310. The quantitative estimate of drug-likeness (QED) is 0.299. The second kappa shape index (κ2) is 7.75. The molecule has 1 amide bonds. The molecule has 6 nitrogen and oxygen atoms in total. The van der Waals surface area contributed by atoms with E-state index < -0.39 is 0 Å². The number of benzene rings is 4. The number of rotatable bonds is 5. The van der Waals surface area contributed by atoms with Gasteiger partial charge in [-0.1, -0.05) is 48.5 Å². The van der Waals surface area contributed by atoms with Gasteiger partial charge in [0.2, 0.25) is 6.79 Å². The van der Waals surface area contributed by atoms with Crippen molar-refractivity contribution in [3.8, 4) is 11.5 Å². The Morgan fingerprint density at radius 2 is 1.60 bits per heavy atom. The number of nitrogens with one attached hydrogen (secondary N) is 2. The number of carbonyl (C=O) groups is 1. The molecule has 0 spiro atoms. The maximum absolute atomic E-state index is 12.2. The first-order valence-corrected chi connectivity index (χ1v) is 9.64. The zero-order valence-electron chi connectivity index (χ0n) is 16.1. The van der Waals surface area contributed by atoms with Gasteiger partial charge in [-0.2, -0.15) is 5.10 Å². The number of carbonyl (C=O) groups excluding carboxylic acids is 1. The lowest BCUT2D eigenvalue weighted by atomic mass is 9.97. The van der Waals surface area contributed by atoms with Gasteiger partial charge in [-0.15, -0.1) is 0 Å². The molecule has 0 saturated carbocycles. The van der Waals surface area contributed by atoms with E-state index in [1.807, 2.05) is 36.4 Å². The van der Waals surface area contributed by atoms with Crippen LogP contribution >= 0.6 is 0 Å². The van der Waals surface area contributed by atoms with Gasteiger partial charge < -0.3 is 14.8 Å². The Hall–Kier alpha value is -4.06. The number of nitrogens with zero attached hydrogens (tertiary/aromatic N) is 1. The van der Waals surface area contributed by atoms with E-state index in [2.05, 4.69) is 46.2 Å². The summed E-state index contributed by atoms with van der Waals surface area (Å²) in [5.74, 6) is 1.13. The summed E-state index contributed by atoms with van der Waals surface area (Å²) in [4.78, 5) is 12.2. The Labute approximate surface area is 173 Å². The van der Waals surface area contributed by atoms with Crippen molar-refractivity contribution in [1.29, 1.82) is 0 Å². The summed E-state index contributed by atoms with van der Waals surface area (Å²) in [6.07, 6.45) is 1.71. The smallest absolute Gasteiger partial charge is 0.259 e. The molecule has 30 heavy (non-hydrogen) atoms. The molecule has 0 aromatic heterocycles. The molecule has 0 saturated heterocycles. The molecular weight excluding hydrogens is 378 g/mol. The molecule has 5 rings (SSSR count). The Kier molecular flexibility index (Phi) is 4.65. The van der Waals surface area contributed by atoms with Crippen LogP contribution < -0.4 is 20.2 Å². The third-order valence-electron chi connectivity index (χ3n) is 5.02. The average Bonchev–Trinajstić information content (AvgIpc) is 3.25. The molecule has 1 aliphatic rings. The number of amides is 1. The minimum Gasteiger partial charge on any atom is -0.454 e. The molecule has 0 aliphatic carbocycles. The second-order valence-corrected chi connectivity index (χ2v) is 6.95. The Bertz CT molecular complexity index is 1230. The summed E-state index contributed by atoms with van der Waals surface area (Å²) in [5.41, 5.74) is 4.35. The number of hydrogen-bond acceptors (Lipinski definition) is 5. The van der Waals surface area contributed by atoms with Gasteiger partial charge in [-0.05, 0) is 39.7 Å². The molecule has 1 aliphatic heterocycles. The number of anilines is 1. The van der Waals surface area contributed by atoms with E-state index >= 15 is 0 Å². The van der Waals surface area contributed by atoms with E-state index in [-0.39, 0.29) is 19.2 Å². The van der Waals surface area contributed by atoms with Gasteiger partial charge in [-0.25, -0.2) is 5.43 Å². The molecule has 0 radical (unpaired) electrons. The highest BCUT2D eigenvalue weighted by molar-refractivity contribution is 6.13. The molecule has 0 fully saturated rings. The molecule has 4 aromatic carbocycles. The second-order valence-electron chi connectivity index (χ2n) is 6.95. The monoisotopic (exact) mass is 397 g/mol. The van der Waals surface area contributed by atoms with E-state index in [1.165, 1.54) is 0 Å². The van der Waals surface area contributed by atoms with Crippen molar-refractivity contribution in [3.05, 3.63) is 78.4 Å². The normalized spacial score (nSPS) is 12.5. The largest absolute Gasteiger partial charge is 0.454 e. The van der Waals surface area contributed by atoms with Crippen molar-refractivity contribution in [2.75, 3.05) is 18.7 Å². The number of hydrogen-bond donors (Lipinski definition) is 2. The Morgan fingerprint density at radius 1 is 0.900 bits per heavy atom. The van der Waals surface area contributed by atoms with Crippen molar-refractivity contribution in [2.24, 2.45) is 5.10 Å². The summed E-state index contributed by atoms with van der Waals surface area (Å²) < 4.78 is 10.6. The molecule has 1 heterocycles. The van der Waals surface area contributed by atoms with Gasteiger partial charge in [0.1, 0.15) is 0 Å². The fraction of sp³-hybridized carbons (Fsp3) is 0.0833. The lowest BCUT2D eigenvalue weighted by molar-refractivity contribution is -0.119. The summed E-state index contributed by atoms with van der Waals surface area (Å²) >= 11 is 0. The molecule has 4 aromatic rings. The lowest BCUT2D eigenvalue weighted by Gasteiger charge is -2.08. The predicted molar refractivity (Wildman–Crippen MR) is 118 cm³/mol. The van der Waals surface area contributed by atoms with Crippen molar-refractivity contribution in [1.82, 2.24) is 5.43 Å². The Morgan fingerprint density at radius 3 is 2.37 bits per heavy atom. The first kappa shape index (κ1) is 18.0. The van der Waals surface area contributed by atoms with Crippen LogP contribution in [0.2, 0.25) is 0 Å². The fourth-order valence-electron chi connectivity index (χ4n) is 3.59. The van der Waals surface area contributed by atoms with E-state index in [9.17, 15) is 4.79 Å². The zero-order chi connectivity index (χ0) is 20.3. The van der Waals surface area contributed by atoms with Crippen LogP contribution in [0.4, 0.5) is 5.69 Å². The first-order chi connectivity index (χ1) is 14.8. The van der Waals surface area contributed by atoms with Crippen LogP contribution in [0, 0.1) is 0 Å². The SMILES string of the molecule is O=C(CNc1ccc2c(c1)OCO2)N/N=C\c1c2ccccc2cc2ccccc12.